The van der Waals surface area contributed by atoms with E-state index in [1.807, 2.05) is 17.8 Å². The molecule has 0 unspecified atom stereocenters. The lowest BCUT2D eigenvalue weighted by Crippen LogP contribution is -2.25. The van der Waals surface area contributed by atoms with Gasteiger partial charge in [-0.15, -0.1) is 0 Å². The number of anilines is 2. The molecule has 4 nitrogen and oxygen atoms in total. The number of nitrogen functional groups attached to an aromatic ring is 1. The summed E-state index contributed by atoms with van der Waals surface area (Å²) in [5.74, 6) is 1.98. The number of ether oxygens (including phenoxy) is 1. The van der Waals surface area contributed by atoms with Gasteiger partial charge < -0.3 is 15.8 Å². The molecule has 0 spiro atoms. The van der Waals surface area contributed by atoms with Crippen molar-refractivity contribution in [1.29, 1.82) is 0 Å². The number of esters is 1. The van der Waals surface area contributed by atoms with Gasteiger partial charge in [0.25, 0.3) is 0 Å². The number of hydrogen-bond acceptors (Lipinski definition) is 5. The zero-order chi connectivity index (χ0) is 13.0. The number of carbonyl (C=O) groups is 1. The van der Waals surface area contributed by atoms with Crippen LogP contribution in [0.1, 0.15) is 23.2 Å². The van der Waals surface area contributed by atoms with E-state index in [4.69, 9.17) is 10.5 Å². The zero-order valence-corrected chi connectivity index (χ0v) is 11.3. The number of nitrogens with one attached hydrogen (secondary N) is 1. The molecule has 0 radical (unpaired) electrons. The van der Waals surface area contributed by atoms with Crippen molar-refractivity contribution in [2.75, 3.05) is 29.7 Å². The average molecular weight is 266 g/mol. The van der Waals surface area contributed by atoms with Crippen LogP contribution in [0.5, 0.6) is 0 Å². The van der Waals surface area contributed by atoms with Gasteiger partial charge in [-0.3, -0.25) is 0 Å². The zero-order valence-electron chi connectivity index (χ0n) is 10.4. The van der Waals surface area contributed by atoms with E-state index in [2.05, 4.69) is 5.32 Å². The number of thioether (sulfide) groups is 1. The van der Waals surface area contributed by atoms with E-state index < -0.39 is 0 Å². The summed E-state index contributed by atoms with van der Waals surface area (Å²) in [5.41, 5.74) is 7.61. The Morgan fingerprint density at radius 2 is 2.17 bits per heavy atom. The van der Waals surface area contributed by atoms with Crippen LogP contribution >= 0.6 is 11.8 Å². The highest BCUT2D eigenvalue weighted by Crippen LogP contribution is 2.25. The minimum Gasteiger partial charge on any atom is -0.465 e. The molecule has 0 bridgehead atoms. The summed E-state index contributed by atoms with van der Waals surface area (Å²) in [6, 6.07) is 5.74. The molecule has 0 amide bonds. The molecule has 0 saturated carbocycles. The second-order valence-corrected chi connectivity index (χ2v) is 5.55. The van der Waals surface area contributed by atoms with E-state index in [0.717, 1.165) is 18.5 Å². The van der Waals surface area contributed by atoms with Crippen molar-refractivity contribution in [2.24, 2.45) is 0 Å². The highest BCUT2D eigenvalue weighted by molar-refractivity contribution is 7.99. The Kier molecular flexibility index (Phi) is 4.36. The molecule has 1 aliphatic heterocycles. The molecule has 1 heterocycles. The molecule has 0 aliphatic carbocycles. The Morgan fingerprint density at radius 1 is 1.44 bits per heavy atom. The number of nitrogens with two attached hydrogens (primary N) is 1. The molecule has 1 aromatic carbocycles. The lowest BCUT2D eigenvalue weighted by molar-refractivity contribution is 0.0602. The molecule has 0 atom stereocenters. The predicted molar refractivity (Wildman–Crippen MR) is 76.2 cm³/mol. The van der Waals surface area contributed by atoms with Crippen LogP contribution in [0, 0.1) is 0 Å². The largest absolute Gasteiger partial charge is 0.465 e. The first kappa shape index (κ1) is 13.1. The van der Waals surface area contributed by atoms with Crippen LogP contribution in [-0.4, -0.2) is 30.6 Å². The van der Waals surface area contributed by atoms with Crippen LogP contribution in [0.4, 0.5) is 11.4 Å². The topological polar surface area (TPSA) is 64.3 Å². The molecule has 1 aromatic rings. The minimum absolute atomic E-state index is 0.352. The smallest absolute Gasteiger partial charge is 0.340 e. The Hall–Kier alpha value is -1.36. The molecule has 2 rings (SSSR count). The summed E-state index contributed by atoms with van der Waals surface area (Å²) >= 11 is 1.98. The molecule has 1 fully saturated rings. The van der Waals surface area contributed by atoms with Crippen molar-refractivity contribution >= 4 is 29.1 Å². The molecular formula is C13H18N2O2S. The Balaban J connectivity index is 2.17. The fourth-order valence-corrected chi connectivity index (χ4v) is 3.13. The summed E-state index contributed by atoms with van der Waals surface area (Å²) in [6.07, 6.45) is 2.24. The summed E-state index contributed by atoms with van der Waals surface area (Å²) in [4.78, 5) is 11.7. The number of rotatable bonds is 3. The van der Waals surface area contributed by atoms with E-state index in [0.29, 0.717) is 17.3 Å². The number of benzene rings is 1. The van der Waals surface area contributed by atoms with Gasteiger partial charge in [0.1, 0.15) is 0 Å². The van der Waals surface area contributed by atoms with Crippen LogP contribution < -0.4 is 11.1 Å². The average Bonchev–Trinajstić information content (AvgIpc) is 2.41. The predicted octanol–water partition coefficient (Wildman–Crippen LogP) is 2.36. The van der Waals surface area contributed by atoms with E-state index in [1.165, 1.54) is 18.6 Å². The fraction of sp³-hybridized carbons (Fsp3) is 0.462. The molecule has 18 heavy (non-hydrogen) atoms. The first-order valence-corrected chi connectivity index (χ1v) is 7.18. The molecular weight excluding hydrogens is 248 g/mol. The Morgan fingerprint density at radius 3 is 2.83 bits per heavy atom. The van der Waals surface area contributed by atoms with Gasteiger partial charge in [-0.1, -0.05) is 0 Å². The van der Waals surface area contributed by atoms with Gasteiger partial charge in [-0.05, 0) is 42.5 Å². The van der Waals surface area contributed by atoms with Crippen molar-refractivity contribution in [3.8, 4) is 0 Å². The van der Waals surface area contributed by atoms with Crippen molar-refractivity contribution in [1.82, 2.24) is 0 Å². The van der Waals surface area contributed by atoms with Gasteiger partial charge in [0.15, 0.2) is 0 Å². The van der Waals surface area contributed by atoms with Gasteiger partial charge in [-0.25, -0.2) is 4.79 Å². The van der Waals surface area contributed by atoms with Crippen molar-refractivity contribution in [3.63, 3.8) is 0 Å². The van der Waals surface area contributed by atoms with Crippen LogP contribution in [-0.2, 0) is 4.74 Å². The SMILES string of the molecule is COC(=O)c1cc(N)ccc1NC1CCSCC1. The third-order valence-electron chi connectivity index (χ3n) is 3.03. The highest BCUT2D eigenvalue weighted by Gasteiger charge is 2.17. The van der Waals surface area contributed by atoms with E-state index in [-0.39, 0.29) is 5.97 Å². The van der Waals surface area contributed by atoms with Crippen LogP contribution in [0.3, 0.4) is 0 Å². The van der Waals surface area contributed by atoms with E-state index in [9.17, 15) is 4.79 Å². The highest BCUT2D eigenvalue weighted by atomic mass is 32.2. The van der Waals surface area contributed by atoms with Crippen molar-refractivity contribution < 1.29 is 9.53 Å². The maximum atomic E-state index is 11.7. The normalized spacial score (nSPS) is 16.3. The maximum Gasteiger partial charge on any atom is 0.340 e. The standard InChI is InChI=1S/C13H18N2O2S/c1-17-13(16)11-8-9(14)2-3-12(11)15-10-4-6-18-7-5-10/h2-3,8,10,15H,4-7,14H2,1H3. The van der Waals surface area contributed by atoms with Gasteiger partial charge in [-0.2, -0.15) is 11.8 Å². The van der Waals surface area contributed by atoms with Crippen LogP contribution in [0.2, 0.25) is 0 Å². The minimum atomic E-state index is -0.352. The second kappa shape index (κ2) is 6.00. The summed E-state index contributed by atoms with van der Waals surface area (Å²) in [7, 11) is 1.38. The summed E-state index contributed by atoms with van der Waals surface area (Å²) in [6.45, 7) is 0. The fourth-order valence-electron chi connectivity index (χ4n) is 2.03. The molecule has 98 valence electrons. The van der Waals surface area contributed by atoms with Gasteiger partial charge >= 0.3 is 5.97 Å². The van der Waals surface area contributed by atoms with Crippen LogP contribution in [0.25, 0.3) is 0 Å². The Labute approximate surface area is 111 Å². The monoisotopic (exact) mass is 266 g/mol. The second-order valence-electron chi connectivity index (χ2n) is 4.33. The lowest BCUT2D eigenvalue weighted by Gasteiger charge is -2.24. The van der Waals surface area contributed by atoms with Gasteiger partial charge in [0, 0.05) is 17.4 Å². The molecule has 1 aliphatic rings. The molecule has 1 saturated heterocycles. The lowest BCUT2D eigenvalue weighted by atomic mass is 10.1. The first-order chi connectivity index (χ1) is 8.70. The van der Waals surface area contributed by atoms with Gasteiger partial charge in [0.05, 0.1) is 12.7 Å². The quantitative estimate of drug-likeness (QED) is 0.649. The van der Waals surface area contributed by atoms with Crippen molar-refractivity contribution in [3.05, 3.63) is 23.8 Å². The molecule has 0 aromatic heterocycles. The number of hydrogen-bond donors (Lipinski definition) is 2. The van der Waals surface area contributed by atoms with E-state index >= 15 is 0 Å². The van der Waals surface area contributed by atoms with Gasteiger partial charge in [0.2, 0.25) is 0 Å². The summed E-state index contributed by atoms with van der Waals surface area (Å²) in [5, 5.41) is 3.42. The molecule has 3 N–H and O–H groups in total. The third-order valence-corrected chi connectivity index (χ3v) is 4.08. The Bertz CT molecular complexity index is 431. The summed E-state index contributed by atoms with van der Waals surface area (Å²) < 4.78 is 4.78. The van der Waals surface area contributed by atoms with E-state index in [1.54, 1.807) is 12.1 Å². The molecule has 5 heteroatoms. The number of carbonyl (C=O) groups excluding carboxylic acids is 1. The number of methoxy groups -OCH3 is 1. The third kappa shape index (κ3) is 3.10. The maximum absolute atomic E-state index is 11.7. The first-order valence-electron chi connectivity index (χ1n) is 6.03. The van der Waals surface area contributed by atoms with Crippen molar-refractivity contribution in [2.45, 2.75) is 18.9 Å². The van der Waals surface area contributed by atoms with Crippen LogP contribution in [0.15, 0.2) is 18.2 Å².